The molecule has 128 valence electrons. The fourth-order valence-corrected chi connectivity index (χ4v) is 2.63. The van der Waals surface area contributed by atoms with Crippen LogP contribution in [-0.4, -0.2) is 25.6 Å². The molecule has 0 bridgehead atoms. The largest absolute Gasteiger partial charge is 0.489 e. The van der Waals surface area contributed by atoms with Gasteiger partial charge in [0.25, 0.3) is 0 Å². The van der Waals surface area contributed by atoms with Gasteiger partial charge in [0.05, 0.1) is 6.26 Å². The van der Waals surface area contributed by atoms with Crippen molar-refractivity contribution in [3.05, 3.63) is 59.9 Å². The monoisotopic (exact) mass is 348 g/mol. The lowest BCUT2D eigenvalue weighted by atomic mass is 10.1. The van der Waals surface area contributed by atoms with Crippen LogP contribution in [0, 0.1) is 0 Å². The van der Waals surface area contributed by atoms with Crippen molar-refractivity contribution in [3.8, 4) is 5.75 Å². The van der Waals surface area contributed by atoms with Gasteiger partial charge in [0.2, 0.25) is 15.9 Å². The van der Waals surface area contributed by atoms with Crippen LogP contribution in [0.3, 0.4) is 0 Å². The van der Waals surface area contributed by atoms with Gasteiger partial charge in [-0.2, -0.15) is 0 Å². The molecular weight excluding hydrogens is 328 g/mol. The molecule has 1 N–H and O–H groups in total. The molecule has 7 heteroatoms. The van der Waals surface area contributed by atoms with Crippen molar-refractivity contribution in [2.24, 2.45) is 0 Å². The van der Waals surface area contributed by atoms with E-state index in [1.165, 1.54) is 0 Å². The molecule has 2 aromatic rings. The number of nitrogens with one attached hydrogen (secondary N) is 1. The highest BCUT2D eigenvalue weighted by atomic mass is 32.2. The third-order valence-electron chi connectivity index (χ3n) is 3.22. The quantitative estimate of drug-likeness (QED) is 0.789. The molecule has 1 aromatic carbocycles. The highest BCUT2D eigenvalue weighted by Crippen LogP contribution is 2.15. The van der Waals surface area contributed by atoms with Crippen LogP contribution in [0.4, 0.5) is 0 Å². The van der Waals surface area contributed by atoms with Crippen LogP contribution in [0.1, 0.15) is 24.0 Å². The van der Waals surface area contributed by atoms with Crippen LogP contribution >= 0.6 is 0 Å². The highest BCUT2D eigenvalue weighted by molar-refractivity contribution is 7.89. The van der Waals surface area contributed by atoms with Crippen molar-refractivity contribution in [2.75, 3.05) is 6.26 Å². The number of carbonyl (C=O) groups excluding carboxylic acids is 1. The molecule has 0 saturated carbocycles. The maximum absolute atomic E-state index is 11.4. The van der Waals surface area contributed by atoms with Gasteiger partial charge in [-0.25, -0.2) is 8.42 Å². The molecule has 0 spiro atoms. The topological polar surface area (TPSA) is 85.4 Å². The summed E-state index contributed by atoms with van der Waals surface area (Å²) in [5.41, 5.74) is 2.06. The van der Waals surface area contributed by atoms with Gasteiger partial charge in [-0.3, -0.25) is 14.5 Å². The van der Waals surface area contributed by atoms with Crippen molar-refractivity contribution in [2.45, 2.75) is 25.9 Å². The Kier molecular flexibility index (Phi) is 6.31. The van der Waals surface area contributed by atoms with E-state index in [0.717, 1.165) is 23.1 Å². The van der Waals surface area contributed by atoms with Crippen molar-refractivity contribution >= 4 is 15.9 Å². The minimum atomic E-state index is -3.47. The van der Waals surface area contributed by atoms with Crippen LogP contribution in [0.5, 0.6) is 5.75 Å². The summed E-state index contributed by atoms with van der Waals surface area (Å²) in [5, 5.41) is 0. The fourth-order valence-electron chi connectivity index (χ4n) is 2.11. The zero-order valence-corrected chi connectivity index (χ0v) is 14.3. The molecule has 0 unspecified atom stereocenters. The number of hydrogen-bond donors (Lipinski definition) is 1. The van der Waals surface area contributed by atoms with Crippen molar-refractivity contribution in [3.63, 3.8) is 0 Å². The Morgan fingerprint density at radius 1 is 1.17 bits per heavy atom. The van der Waals surface area contributed by atoms with Gasteiger partial charge in [0, 0.05) is 24.4 Å². The number of benzene rings is 1. The predicted molar refractivity (Wildman–Crippen MR) is 90.9 cm³/mol. The first-order valence-electron chi connectivity index (χ1n) is 7.54. The second-order valence-corrected chi connectivity index (χ2v) is 7.19. The van der Waals surface area contributed by atoms with Gasteiger partial charge >= 0.3 is 0 Å². The molecule has 0 aliphatic carbocycles. The Morgan fingerprint density at radius 2 is 1.92 bits per heavy atom. The summed E-state index contributed by atoms with van der Waals surface area (Å²) in [7, 11) is -3.47. The summed E-state index contributed by atoms with van der Waals surface area (Å²) in [6, 6.07) is 11.4. The van der Waals surface area contributed by atoms with E-state index in [2.05, 4.69) is 4.98 Å². The molecule has 24 heavy (non-hydrogen) atoms. The predicted octanol–water partition coefficient (Wildman–Crippen LogP) is 2.06. The second kappa shape index (κ2) is 8.44. The first-order valence-corrected chi connectivity index (χ1v) is 9.43. The molecule has 1 aromatic heterocycles. The van der Waals surface area contributed by atoms with Crippen LogP contribution in [0.2, 0.25) is 0 Å². The lowest BCUT2D eigenvalue weighted by Gasteiger charge is -2.07. The van der Waals surface area contributed by atoms with E-state index in [0.29, 0.717) is 19.4 Å². The average molecular weight is 348 g/mol. The fraction of sp³-hybridized carbons (Fsp3) is 0.294. The number of carbonyl (C=O) groups is 1. The number of rotatable bonds is 8. The minimum Gasteiger partial charge on any atom is -0.489 e. The van der Waals surface area contributed by atoms with E-state index in [-0.39, 0.29) is 6.42 Å². The van der Waals surface area contributed by atoms with Gasteiger partial charge < -0.3 is 4.74 Å². The lowest BCUT2D eigenvalue weighted by molar-refractivity contribution is -0.119. The first kappa shape index (κ1) is 17.9. The van der Waals surface area contributed by atoms with Gasteiger partial charge in [0.1, 0.15) is 12.4 Å². The standard InChI is InChI=1S/C17H20N2O4S/c1-24(21,22)19-17(20)6-2-4-14-7-9-16(10-8-14)23-13-15-5-3-11-18-12-15/h3,5,7-12H,2,4,6,13H2,1H3,(H,19,20). The van der Waals surface area contributed by atoms with Crippen LogP contribution < -0.4 is 9.46 Å². The zero-order chi connectivity index (χ0) is 17.4. The maximum Gasteiger partial charge on any atom is 0.233 e. The molecule has 1 heterocycles. The van der Waals surface area contributed by atoms with E-state index in [1.54, 1.807) is 12.4 Å². The van der Waals surface area contributed by atoms with Crippen LogP contribution in [-0.2, 0) is 27.8 Å². The Labute approximate surface area is 141 Å². The summed E-state index contributed by atoms with van der Waals surface area (Å²) in [6.45, 7) is 0.457. The molecule has 0 saturated heterocycles. The summed E-state index contributed by atoms with van der Waals surface area (Å²) >= 11 is 0. The molecule has 0 aliphatic heterocycles. The molecule has 0 radical (unpaired) electrons. The van der Waals surface area contributed by atoms with Crippen molar-refractivity contribution in [1.29, 1.82) is 0 Å². The SMILES string of the molecule is CS(=O)(=O)NC(=O)CCCc1ccc(OCc2cccnc2)cc1. The molecule has 0 fully saturated rings. The van der Waals surface area contributed by atoms with Crippen molar-refractivity contribution < 1.29 is 17.9 Å². The Balaban J connectivity index is 1.75. The van der Waals surface area contributed by atoms with Crippen LogP contribution in [0.15, 0.2) is 48.8 Å². The Bertz CT molecular complexity index is 759. The molecule has 1 amide bonds. The number of aryl methyl sites for hydroxylation is 1. The molecular formula is C17H20N2O4S. The number of aromatic nitrogens is 1. The van der Waals surface area contributed by atoms with E-state index in [1.807, 2.05) is 41.1 Å². The Morgan fingerprint density at radius 3 is 2.54 bits per heavy atom. The zero-order valence-electron chi connectivity index (χ0n) is 13.4. The van der Waals surface area contributed by atoms with Gasteiger partial charge in [-0.05, 0) is 36.6 Å². The smallest absolute Gasteiger partial charge is 0.233 e. The normalized spacial score (nSPS) is 11.0. The van der Waals surface area contributed by atoms with Gasteiger partial charge in [0.15, 0.2) is 0 Å². The number of sulfonamides is 1. The van der Waals surface area contributed by atoms with Gasteiger partial charge in [-0.1, -0.05) is 18.2 Å². The average Bonchev–Trinajstić information content (AvgIpc) is 2.53. The van der Waals surface area contributed by atoms with E-state index < -0.39 is 15.9 Å². The van der Waals surface area contributed by atoms with E-state index in [9.17, 15) is 13.2 Å². The molecule has 0 atom stereocenters. The summed E-state index contributed by atoms with van der Waals surface area (Å²) < 4.78 is 29.5. The van der Waals surface area contributed by atoms with E-state index in [4.69, 9.17) is 4.74 Å². The van der Waals surface area contributed by atoms with Crippen LogP contribution in [0.25, 0.3) is 0 Å². The van der Waals surface area contributed by atoms with Gasteiger partial charge in [-0.15, -0.1) is 0 Å². The molecule has 2 rings (SSSR count). The highest BCUT2D eigenvalue weighted by Gasteiger charge is 2.07. The third-order valence-corrected chi connectivity index (χ3v) is 3.82. The van der Waals surface area contributed by atoms with E-state index >= 15 is 0 Å². The lowest BCUT2D eigenvalue weighted by Crippen LogP contribution is -2.29. The summed E-state index contributed by atoms with van der Waals surface area (Å²) in [6.07, 6.45) is 5.89. The number of nitrogens with zero attached hydrogens (tertiary/aromatic N) is 1. The summed E-state index contributed by atoms with van der Waals surface area (Å²) in [5.74, 6) is 0.284. The maximum atomic E-state index is 11.4. The first-order chi connectivity index (χ1) is 11.4. The molecule has 6 nitrogen and oxygen atoms in total. The number of ether oxygens (including phenoxy) is 1. The Hall–Kier alpha value is -2.41. The van der Waals surface area contributed by atoms with Crippen molar-refractivity contribution in [1.82, 2.24) is 9.71 Å². The third kappa shape index (κ3) is 6.78. The minimum absolute atomic E-state index is 0.173. The number of pyridine rings is 1. The second-order valence-electron chi connectivity index (χ2n) is 5.44. The summed E-state index contributed by atoms with van der Waals surface area (Å²) in [4.78, 5) is 15.4. The number of hydrogen-bond acceptors (Lipinski definition) is 5. The molecule has 0 aliphatic rings. The number of amides is 1.